The molecule has 1 aliphatic rings. The van der Waals surface area contributed by atoms with Gasteiger partial charge in [0, 0.05) is 0 Å². The molecule has 142 valence electrons. The molecule has 1 unspecified atom stereocenters. The zero-order valence-corrected chi connectivity index (χ0v) is 16.7. The van der Waals surface area contributed by atoms with Gasteiger partial charge in [0.05, 0.1) is 10.5 Å². The SMILES string of the molecule is Cc1ccc(SO/N=C2/c3c(ccc4ccccc34)OC2c2ccccc2)cc1. The largest absolute Gasteiger partial charge is 0.478 e. The molecule has 0 aliphatic carbocycles. The molecule has 29 heavy (non-hydrogen) atoms. The Morgan fingerprint density at radius 2 is 1.59 bits per heavy atom. The van der Waals surface area contributed by atoms with Gasteiger partial charge in [-0.1, -0.05) is 83.5 Å². The van der Waals surface area contributed by atoms with Gasteiger partial charge in [0.25, 0.3) is 0 Å². The van der Waals surface area contributed by atoms with Crippen molar-refractivity contribution in [1.29, 1.82) is 0 Å². The quantitative estimate of drug-likeness (QED) is 0.283. The van der Waals surface area contributed by atoms with Gasteiger partial charge in [0.1, 0.15) is 23.5 Å². The highest BCUT2D eigenvalue weighted by molar-refractivity contribution is 7.94. The van der Waals surface area contributed by atoms with E-state index in [1.807, 2.05) is 48.5 Å². The second-order valence-corrected chi connectivity index (χ2v) is 7.80. The fraction of sp³-hybridized carbons (Fsp3) is 0.0800. The van der Waals surface area contributed by atoms with E-state index in [0.717, 1.165) is 38.3 Å². The van der Waals surface area contributed by atoms with Crippen LogP contribution in [-0.4, -0.2) is 5.71 Å². The average Bonchev–Trinajstić information content (AvgIpc) is 3.15. The van der Waals surface area contributed by atoms with Crippen LogP contribution in [0.3, 0.4) is 0 Å². The lowest BCUT2D eigenvalue weighted by atomic mass is 9.97. The molecule has 0 amide bonds. The zero-order chi connectivity index (χ0) is 19.6. The van der Waals surface area contributed by atoms with Gasteiger partial charge in [-0.3, -0.25) is 0 Å². The fourth-order valence-electron chi connectivity index (χ4n) is 3.57. The Morgan fingerprint density at radius 3 is 2.41 bits per heavy atom. The molecular formula is C25H19NO2S. The van der Waals surface area contributed by atoms with Crippen LogP contribution < -0.4 is 4.74 Å². The van der Waals surface area contributed by atoms with Gasteiger partial charge in [0.15, 0.2) is 6.10 Å². The second kappa shape index (κ2) is 7.64. The predicted molar refractivity (Wildman–Crippen MR) is 118 cm³/mol. The van der Waals surface area contributed by atoms with E-state index in [4.69, 9.17) is 9.02 Å². The van der Waals surface area contributed by atoms with Gasteiger partial charge in [-0.2, -0.15) is 0 Å². The molecule has 4 heteroatoms. The standard InChI is InChI=1S/C25H19NO2S/c1-17-11-14-20(15-12-17)29-28-26-24-23-21-10-6-5-7-18(21)13-16-22(23)27-25(24)19-8-3-2-4-9-19/h2-16,25H,1H3/b26-24-. The van der Waals surface area contributed by atoms with Crippen LogP contribution in [0.4, 0.5) is 0 Å². The van der Waals surface area contributed by atoms with E-state index in [1.54, 1.807) is 0 Å². The maximum Gasteiger partial charge on any atom is 0.170 e. The number of rotatable bonds is 4. The van der Waals surface area contributed by atoms with Gasteiger partial charge >= 0.3 is 0 Å². The van der Waals surface area contributed by atoms with Crippen LogP contribution in [0.25, 0.3) is 10.8 Å². The first-order valence-electron chi connectivity index (χ1n) is 9.51. The highest BCUT2D eigenvalue weighted by atomic mass is 32.2. The summed E-state index contributed by atoms with van der Waals surface area (Å²) >= 11 is 1.25. The van der Waals surface area contributed by atoms with Crippen LogP contribution in [0.15, 0.2) is 101 Å². The number of benzene rings is 4. The Morgan fingerprint density at radius 1 is 0.828 bits per heavy atom. The number of oxime groups is 1. The lowest BCUT2D eigenvalue weighted by Crippen LogP contribution is -2.12. The summed E-state index contributed by atoms with van der Waals surface area (Å²) in [6.45, 7) is 2.07. The average molecular weight is 397 g/mol. The summed E-state index contributed by atoms with van der Waals surface area (Å²) in [6, 6.07) is 30.7. The van der Waals surface area contributed by atoms with Crippen LogP contribution >= 0.6 is 12.0 Å². The molecule has 0 aromatic heterocycles. The molecule has 0 saturated heterocycles. The molecule has 0 bridgehead atoms. The molecule has 0 N–H and O–H groups in total. The fourth-order valence-corrected chi connectivity index (χ4v) is 4.02. The van der Waals surface area contributed by atoms with Crippen LogP contribution in [-0.2, 0) is 4.28 Å². The summed E-state index contributed by atoms with van der Waals surface area (Å²) in [5, 5.41) is 6.82. The van der Waals surface area contributed by atoms with Crippen molar-refractivity contribution in [1.82, 2.24) is 0 Å². The molecule has 3 nitrogen and oxygen atoms in total. The third kappa shape index (κ3) is 3.47. The van der Waals surface area contributed by atoms with Crippen molar-refractivity contribution < 1.29 is 9.02 Å². The van der Waals surface area contributed by atoms with E-state index in [0.29, 0.717) is 0 Å². The van der Waals surface area contributed by atoms with Gasteiger partial charge in [-0.25, -0.2) is 0 Å². The zero-order valence-electron chi connectivity index (χ0n) is 15.9. The van der Waals surface area contributed by atoms with Crippen molar-refractivity contribution in [2.45, 2.75) is 17.9 Å². The molecule has 4 aromatic carbocycles. The summed E-state index contributed by atoms with van der Waals surface area (Å²) < 4.78 is 12.0. The highest BCUT2D eigenvalue weighted by Gasteiger charge is 2.34. The summed E-state index contributed by atoms with van der Waals surface area (Å²) in [5.74, 6) is 0.834. The maximum absolute atomic E-state index is 6.31. The number of hydrogen-bond acceptors (Lipinski definition) is 4. The van der Waals surface area contributed by atoms with Gasteiger partial charge in [0.2, 0.25) is 0 Å². The van der Waals surface area contributed by atoms with Crippen LogP contribution in [0.1, 0.15) is 22.8 Å². The molecule has 0 radical (unpaired) electrons. The van der Waals surface area contributed by atoms with Gasteiger partial charge in [-0.05, 0) is 41.5 Å². The third-order valence-corrected chi connectivity index (χ3v) is 5.65. The molecule has 1 heterocycles. The molecule has 4 aromatic rings. The molecular weight excluding hydrogens is 378 g/mol. The Kier molecular flexibility index (Phi) is 4.70. The third-order valence-electron chi connectivity index (χ3n) is 5.03. The molecule has 5 rings (SSSR count). The predicted octanol–water partition coefficient (Wildman–Crippen LogP) is 6.71. The van der Waals surface area contributed by atoms with E-state index in [2.05, 4.69) is 54.5 Å². The molecule has 1 aliphatic heterocycles. The number of nitrogens with zero attached hydrogens (tertiary/aromatic N) is 1. The monoisotopic (exact) mass is 397 g/mol. The van der Waals surface area contributed by atoms with E-state index >= 15 is 0 Å². The lowest BCUT2D eigenvalue weighted by molar-refractivity contribution is 0.284. The Bertz CT molecular complexity index is 1190. The summed E-state index contributed by atoms with van der Waals surface area (Å²) in [5.41, 5.74) is 4.06. The number of fused-ring (bicyclic) bond motifs is 3. The van der Waals surface area contributed by atoms with Gasteiger partial charge < -0.3 is 9.02 Å². The van der Waals surface area contributed by atoms with E-state index in [-0.39, 0.29) is 6.10 Å². The van der Waals surface area contributed by atoms with Crippen molar-refractivity contribution in [3.8, 4) is 5.75 Å². The van der Waals surface area contributed by atoms with Crippen molar-refractivity contribution >= 4 is 28.5 Å². The minimum Gasteiger partial charge on any atom is -0.478 e. The lowest BCUT2D eigenvalue weighted by Gasteiger charge is -2.11. The van der Waals surface area contributed by atoms with Crippen molar-refractivity contribution in [2.75, 3.05) is 0 Å². The summed E-state index contributed by atoms with van der Waals surface area (Å²) in [4.78, 5) is 1.01. The van der Waals surface area contributed by atoms with Crippen LogP contribution in [0.5, 0.6) is 5.75 Å². The molecule has 1 atom stereocenters. The van der Waals surface area contributed by atoms with E-state index in [9.17, 15) is 0 Å². The van der Waals surface area contributed by atoms with Gasteiger partial charge in [-0.15, -0.1) is 0 Å². The van der Waals surface area contributed by atoms with E-state index in [1.165, 1.54) is 17.6 Å². The smallest absolute Gasteiger partial charge is 0.170 e. The highest BCUT2D eigenvalue weighted by Crippen LogP contribution is 2.41. The molecule has 0 spiro atoms. The second-order valence-electron chi connectivity index (χ2n) is 7.02. The number of hydrogen-bond donors (Lipinski definition) is 0. The summed E-state index contributed by atoms with van der Waals surface area (Å²) in [6.07, 6.45) is -0.296. The first-order chi connectivity index (χ1) is 14.3. The Hall–Kier alpha value is -3.24. The van der Waals surface area contributed by atoms with Crippen LogP contribution in [0.2, 0.25) is 0 Å². The number of aryl methyl sites for hydroxylation is 1. The van der Waals surface area contributed by atoms with Crippen LogP contribution in [0, 0.1) is 6.92 Å². The molecule has 0 saturated carbocycles. The normalized spacial score (nSPS) is 16.6. The Labute approximate surface area is 174 Å². The summed E-state index contributed by atoms with van der Waals surface area (Å²) in [7, 11) is 0. The van der Waals surface area contributed by atoms with E-state index < -0.39 is 0 Å². The first-order valence-corrected chi connectivity index (χ1v) is 10.3. The Balaban J connectivity index is 1.55. The van der Waals surface area contributed by atoms with Crippen molar-refractivity contribution in [3.05, 3.63) is 108 Å². The topological polar surface area (TPSA) is 30.8 Å². The number of ether oxygens (including phenoxy) is 1. The molecule has 0 fully saturated rings. The maximum atomic E-state index is 6.31. The van der Waals surface area contributed by atoms with Crippen molar-refractivity contribution in [3.63, 3.8) is 0 Å². The first kappa shape index (κ1) is 17.8. The minimum atomic E-state index is -0.296. The minimum absolute atomic E-state index is 0.296. The van der Waals surface area contributed by atoms with Crippen molar-refractivity contribution in [2.24, 2.45) is 5.16 Å².